The zero-order valence-electron chi connectivity index (χ0n) is 7.55. The highest BCUT2D eigenvalue weighted by Gasteiger charge is 2.14. The topological polar surface area (TPSA) is 38.3 Å². The summed E-state index contributed by atoms with van der Waals surface area (Å²) in [6.07, 6.45) is 0.633. The van der Waals surface area contributed by atoms with Gasteiger partial charge in [-0.25, -0.2) is 4.39 Å². The van der Waals surface area contributed by atoms with Crippen LogP contribution in [0, 0.1) is 5.82 Å². The van der Waals surface area contributed by atoms with Crippen LogP contribution in [0.3, 0.4) is 0 Å². The number of rotatable bonds is 1. The second kappa shape index (κ2) is 3.75. The van der Waals surface area contributed by atoms with Gasteiger partial charge in [-0.3, -0.25) is 4.79 Å². The lowest BCUT2D eigenvalue weighted by molar-refractivity contribution is 0.112. The van der Waals surface area contributed by atoms with E-state index in [0.717, 1.165) is 0 Å². The predicted octanol–water partition coefficient (Wildman–Crippen LogP) is 1.12. The lowest BCUT2D eigenvalue weighted by atomic mass is 10.1. The molecule has 1 aromatic carbocycles. The number of carbonyl (C=O) groups is 1. The van der Waals surface area contributed by atoms with E-state index in [1.54, 1.807) is 6.07 Å². The van der Waals surface area contributed by atoms with Crippen molar-refractivity contribution in [3.8, 4) is 5.75 Å². The summed E-state index contributed by atoms with van der Waals surface area (Å²) in [5.41, 5.74) is 1.04. The maximum absolute atomic E-state index is 13.4. The molecule has 0 amide bonds. The zero-order chi connectivity index (χ0) is 9.97. The largest absolute Gasteiger partial charge is 0.489 e. The number of ether oxygens (including phenoxy) is 1. The highest BCUT2D eigenvalue weighted by Crippen LogP contribution is 2.25. The highest BCUT2D eigenvalue weighted by molar-refractivity contribution is 5.75. The van der Waals surface area contributed by atoms with Gasteiger partial charge in [-0.2, -0.15) is 0 Å². The average Bonchev–Trinajstić information content (AvgIpc) is 2.42. The van der Waals surface area contributed by atoms with Crippen LogP contribution in [0.5, 0.6) is 5.75 Å². The highest BCUT2D eigenvalue weighted by atomic mass is 19.1. The van der Waals surface area contributed by atoms with Gasteiger partial charge >= 0.3 is 0 Å². The molecule has 0 unspecified atom stereocenters. The molecule has 0 saturated carbocycles. The molecule has 1 N–H and O–H groups in total. The number of halogens is 1. The Hall–Kier alpha value is -1.42. The van der Waals surface area contributed by atoms with Crippen LogP contribution in [0.15, 0.2) is 12.1 Å². The van der Waals surface area contributed by atoms with Gasteiger partial charge in [0, 0.05) is 24.2 Å². The first-order valence-electron chi connectivity index (χ1n) is 4.42. The minimum Gasteiger partial charge on any atom is -0.489 e. The third kappa shape index (κ3) is 1.61. The van der Waals surface area contributed by atoms with Crippen molar-refractivity contribution >= 4 is 6.29 Å². The van der Waals surface area contributed by atoms with E-state index in [0.29, 0.717) is 37.1 Å². The number of nitrogens with one attached hydrogen (secondary N) is 1. The summed E-state index contributed by atoms with van der Waals surface area (Å²) in [5.74, 6) is -0.200. The Morgan fingerprint density at radius 1 is 1.50 bits per heavy atom. The molecular weight excluding hydrogens is 185 g/mol. The first-order chi connectivity index (χ1) is 6.81. The van der Waals surface area contributed by atoms with Crippen LogP contribution in [0.25, 0.3) is 0 Å². The van der Waals surface area contributed by atoms with Crippen LogP contribution < -0.4 is 10.1 Å². The Labute approximate surface area is 80.9 Å². The summed E-state index contributed by atoms with van der Waals surface area (Å²) in [6, 6.07) is 2.83. The first-order valence-corrected chi connectivity index (χ1v) is 4.42. The number of hydrogen-bond donors (Lipinski definition) is 1. The molecule has 0 aliphatic carbocycles. The molecule has 3 nitrogen and oxygen atoms in total. The molecule has 14 heavy (non-hydrogen) atoms. The maximum Gasteiger partial charge on any atom is 0.166 e. The van der Waals surface area contributed by atoms with Gasteiger partial charge in [0.2, 0.25) is 0 Å². The summed E-state index contributed by atoms with van der Waals surface area (Å²) >= 11 is 0. The standard InChI is InChI=1S/C10H10FNO2/c11-9-4-7(6-13)3-8-5-12-1-2-14-10(8)9/h3-4,6,12H,1-2,5H2. The molecule has 0 atom stereocenters. The Morgan fingerprint density at radius 2 is 2.36 bits per heavy atom. The van der Waals surface area contributed by atoms with E-state index in [-0.39, 0.29) is 5.75 Å². The van der Waals surface area contributed by atoms with Crippen LogP contribution in [0.1, 0.15) is 15.9 Å². The van der Waals surface area contributed by atoms with E-state index < -0.39 is 5.82 Å². The number of benzene rings is 1. The molecule has 0 aromatic heterocycles. The van der Waals surface area contributed by atoms with Crippen molar-refractivity contribution in [3.05, 3.63) is 29.1 Å². The van der Waals surface area contributed by atoms with Crippen LogP contribution in [-0.2, 0) is 6.54 Å². The molecular formula is C10H10FNO2. The van der Waals surface area contributed by atoms with Crippen molar-refractivity contribution in [2.75, 3.05) is 13.2 Å². The van der Waals surface area contributed by atoms with E-state index >= 15 is 0 Å². The molecule has 1 heterocycles. The van der Waals surface area contributed by atoms with Crippen LogP contribution >= 0.6 is 0 Å². The average molecular weight is 195 g/mol. The summed E-state index contributed by atoms with van der Waals surface area (Å²) in [4.78, 5) is 10.5. The van der Waals surface area contributed by atoms with Crippen molar-refractivity contribution < 1.29 is 13.9 Å². The molecule has 2 rings (SSSR count). The van der Waals surface area contributed by atoms with Gasteiger partial charge in [0.1, 0.15) is 12.9 Å². The molecule has 0 fully saturated rings. The Bertz CT molecular complexity index is 365. The third-order valence-corrected chi connectivity index (χ3v) is 2.12. The van der Waals surface area contributed by atoms with Gasteiger partial charge < -0.3 is 10.1 Å². The number of fused-ring (bicyclic) bond motifs is 1. The summed E-state index contributed by atoms with van der Waals surface area (Å²) < 4.78 is 18.6. The normalized spacial score (nSPS) is 15.2. The van der Waals surface area contributed by atoms with Crippen LogP contribution in [0.4, 0.5) is 4.39 Å². The smallest absolute Gasteiger partial charge is 0.166 e. The Balaban J connectivity index is 2.48. The van der Waals surface area contributed by atoms with Crippen LogP contribution in [0.2, 0.25) is 0 Å². The van der Waals surface area contributed by atoms with Gasteiger partial charge in [-0.05, 0) is 12.1 Å². The van der Waals surface area contributed by atoms with Gasteiger partial charge in [0.05, 0.1) is 0 Å². The van der Waals surface area contributed by atoms with Crippen molar-refractivity contribution in [2.45, 2.75) is 6.54 Å². The first kappa shape index (κ1) is 9.15. The fourth-order valence-electron chi connectivity index (χ4n) is 1.48. The molecule has 1 aliphatic heterocycles. The molecule has 0 saturated heterocycles. The minimum atomic E-state index is -0.465. The molecule has 0 bridgehead atoms. The molecule has 0 radical (unpaired) electrons. The Morgan fingerprint density at radius 3 is 3.14 bits per heavy atom. The fourth-order valence-corrected chi connectivity index (χ4v) is 1.48. The lowest BCUT2D eigenvalue weighted by Gasteiger charge is -2.07. The molecule has 74 valence electrons. The van der Waals surface area contributed by atoms with Crippen molar-refractivity contribution in [3.63, 3.8) is 0 Å². The molecule has 1 aromatic rings. The van der Waals surface area contributed by atoms with Gasteiger partial charge in [-0.1, -0.05) is 0 Å². The fraction of sp³-hybridized carbons (Fsp3) is 0.300. The minimum absolute atomic E-state index is 0.264. The van der Waals surface area contributed by atoms with E-state index in [9.17, 15) is 9.18 Å². The quantitative estimate of drug-likeness (QED) is 0.682. The lowest BCUT2D eigenvalue weighted by Crippen LogP contribution is -2.16. The molecule has 0 spiro atoms. The second-order valence-electron chi connectivity index (χ2n) is 3.13. The van der Waals surface area contributed by atoms with E-state index in [2.05, 4.69) is 5.32 Å². The SMILES string of the molecule is O=Cc1cc(F)c2c(c1)CNCCO2. The van der Waals surface area contributed by atoms with E-state index in [1.165, 1.54) is 6.07 Å². The monoisotopic (exact) mass is 195 g/mol. The number of hydrogen-bond acceptors (Lipinski definition) is 3. The van der Waals surface area contributed by atoms with Crippen molar-refractivity contribution in [1.29, 1.82) is 0 Å². The van der Waals surface area contributed by atoms with Gasteiger partial charge in [-0.15, -0.1) is 0 Å². The van der Waals surface area contributed by atoms with E-state index in [4.69, 9.17) is 4.74 Å². The zero-order valence-corrected chi connectivity index (χ0v) is 7.55. The van der Waals surface area contributed by atoms with Gasteiger partial charge in [0.25, 0.3) is 0 Å². The second-order valence-corrected chi connectivity index (χ2v) is 3.13. The number of aldehydes is 1. The predicted molar refractivity (Wildman–Crippen MR) is 49.0 cm³/mol. The summed E-state index contributed by atoms with van der Waals surface area (Å²) in [5, 5.41) is 3.07. The van der Waals surface area contributed by atoms with Crippen molar-refractivity contribution in [1.82, 2.24) is 5.32 Å². The van der Waals surface area contributed by atoms with E-state index in [1.807, 2.05) is 0 Å². The van der Waals surface area contributed by atoms with Crippen LogP contribution in [-0.4, -0.2) is 19.4 Å². The molecule has 1 aliphatic rings. The summed E-state index contributed by atoms with van der Waals surface area (Å²) in [6.45, 7) is 1.67. The van der Waals surface area contributed by atoms with Gasteiger partial charge in [0.15, 0.2) is 11.6 Å². The maximum atomic E-state index is 13.4. The summed E-state index contributed by atoms with van der Waals surface area (Å²) in [7, 11) is 0. The van der Waals surface area contributed by atoms with Crippen molar-refractivity contribution in [2.24, 2.45) is 0 Å². The third-order valence-electron chi connectivity index (χ3n) is 2.12. The molecule has 4 heteroatoms. The number of carbonyl (C=O) groups excluding carboxylic acids is 1. The Kier molecular flexibility index (Phi) is 2.45.